The quantitative estimate of drug-likeness (QED) is 0.494. The Morgan fingerprint density at radius 1 is 0.579 bits per heavy atom. The fraction of sp³-hybridized carbons (Fsp3) is 1.00. The van der Waals surface area contributed by atoms with Gasteiger partial charge in [-0.15, -0.1) is 15.5 Å². The molecule has 120 valence electrons. The van der Waals surface area contributed by atoms with Crippen molar-refractivity contribution >= 4 is 23.1 Å². The first kappa shape index (κ1) is 18.9. The van der Waals surface area contributed by atoms with Crippen LogP contribution in [-0.4, -0.2) is 23.3 Å². The van der Waals surface area contributed by atoms with Crippen LogP contribution >= 0.6 is 23.1 Å². The lowest BCUT2D eigenvalue weighted by Crippen LogP contribution is -2.63. The molecule has 19 heavy (non-hydrogen) atoms. The zero-order valence-electron chi connectivity index (χ0n) is 7.70. The molecule has 0 heterocycles. The Hall–Kier alpha value is -0.0800. The van der Waals surface area contributed by atoms with Crippen molar-refractivity contribution in [3.8, 4) is 0 Å². The summed E-state index contributed by atoms with van der Waals surface area (Å²) >= 11 is -0.376. The Morgan fingerprint density at radius 2 is 0.842 bits per heavy atom. The maximum absolute atomic E-state index is 12.3. The molecule has 0 spiro atoms. The van der Waals surface area contributed by atoms with Crippen molar-refractivity contribution in [3.63, 3.8) is 0 Å². The number of hydrogen-bond acceptors (Lipinski definition) is 0. The largest absolute Gasteiger partial charge is 0.460 e. The van der Waals surface area contributed by atoms with Crippen molar-refractivity contribution in [2.45, 2.75) is 23.3 Å². The molecule has 0 amide bonds. The van der Waals surface area contributed by atoms with Gasteiger partial charge in [0.1, 0.15) is 0 Å². The minimum absolute atomic E-state index is 0.376. The third kappa shape index (κ3) is 2.58. The van der Waals surface area contributed by atoms with Crippen LogP contribution in [-0.2, 0) is 0 Å². The van der Waals surface area contributed by atoms with Gasteiger partial charge in [-0.3, -0.25) is 0 Å². The van der Waals surface area contributed by atoms with Crippen molar-refractivity contribution in [2.24, 2.45) is 0 Å². The molecule has 0 nitrogen and oxygen atoms in total. The standard InChI is InChI=1S/C4BrF13S/c5-19(15,16,17,18)4(13,14)2(8,9)1(6,7)3(10,11)12. The molecule has 0 atom stereocenters. The lowest BCUT2D eigenvalue weighted by molar-refractivity contribution is -0.384. The van der Waals surface area contributed by atoms with E-state index < -0.39 is 31.5 Å². The fourth-order valence-electron chi connectivity index (χ4n) is 0.603. The Balaban J connectivity index is 6.26. The third-order valence-electron chi connectivity index (χ3n) is 1.60. The molecule has 0 bridgehead atoms. The van der Waals surface area contributed by atoms with E-state index in [-0.39, 0.29) is 14.8 Å². The highest BCUT2D eigenvalue weighted by atomic mass is 79.9. The van der Waals surface area contributed by atoms with Gasteiger partial charge in [-0.1, -0.05) is 0 Å². The first-order valence-corrected chi connectivity index (χ1v) is 7.32. The topological polar surface area (TPSA) is 0 Å². The highest BCUT2D eigenvalue weighted by Gasteiger charge is 2.96. The van der Waals surface area contributed by atoms with Gasteiger partial charge in [-0.25, -0.2) is 0 Å². The van der Waals surface area contributed by atoms with E-state index in [2.05, 4.69) is 0 Å². The second-order valence-electron chi connectivity index (χ2n) is 3.13. The van der Waals surface area contributed by atoms with Crippen LogP contribution in [0.15, 0.2) is 0 Å². The van der Waals surface area contributed by atoms with E-state index in [0.29, 0.717) is 0 Å². The van der Waals surface area contributed by atoms with Crippen molar-refractivity contribution in [3.05, 3.63) is 0 Å². The van der Waals surface area contributed by atoms with E-state index in [9.17, 15) is 55.1 Å². The van der Waals surface area contributed by atoms with Crippen LogP contribution in [0.5, 0.6) is 0 Å². The van der Waals surface area contributed by atoms with Gasteiger partial charge in [0.2, 0.25) is 0 Å². The average molecular weight is 407 g/mol. The van der Waals surface area contributed by atoms with Gasteiger partial charge in [0.15, 0.2) is 0 Å². The first-order chi connectivity index (χ1) is 7.50. The molecule has 0 aliphatic heterocycles. The Labute approximate surface area is 102 Å². The van der Waals surface area contributed by atoms with E-state index in [1.165, 1.54) is 0 Å². The molecule has 0 fully saturated rings. The Morgan fingerprint density at radius 3 is 1.00 bits per heavy atom. The SMILES string of the molecule is FC(F)(F)C(F)(F)C(F)(F)C(F)(F)S(F)(F)(F)(F)Br. The van der Waals surface area contributed by atoms with Crippen molar-refractivity contribution in [2.75, 3.05) is 0 Å². The molecule has 0 aliphatic rings. The van der Waals surface area contributed by atoms with Crippen molar-refractivity contribution in [1.29, 1.82) is 0 Å². The van der Waals surface area contributed by atoms with Crippen LogP contribution in [0, 0.1) is 0 Å². The highest BCUT2D eigenvalue weighted by molar-refractivity contribution is 9.63. The molecule has 0 unspecified atom stereocenters. The Kier molecular flexibility index (Phi) is 3.37. The van der Waals surface area contributed by atoms with Crippen molar-refractivity contribution < 1.29 is 55.1 Å². The molecule has 0 radical (unpaired) electrons. The van der Waals surface area contributed by atoms with Crippen LogP contribution in [0.1, 0.15) is 0 Å². The predicted octanol–water partition coefficient (Wildman–Crippen LogP) is 6.14. The van der Waals surface area contributed by atoms with Crippen LogP contribution in [0.2, 0.25) is 0 Å². The molecule has 0 N–H and O–H groups in total. The fourth-order valence-corrected chi connectivity index (χ4v) is 1.83. The second-order valence-corrected chi connectivity index (χ2v) is 9.49. The van der Waals surface area contributed by atoms with Gasteiger partial charge < -0.3 is 0 Å². The van der Waals surface area contributed by atoms with E-state index in [1.807, 2.05) is 0 Å². The van der Waals surface area contributed by atoms with Crippen LogP contribution in [0.3, 0.4) is 0 Å². The second kappa shape index (κ2) is 3.39. The summed E-state index contributed by atoms with van der Waals surface area (Å²) < 4.78 is 156. The summed E-state index contributed by atoms with van der Waals surface area (Å²) in [5.41, 5.74) is 0. The predicted molar refractivity (Wildman–Crippen MR) is 41.8 cm³/mol. The van der Waals surface area contributed by atoms with Gasteiger partial charge in [0.05, 0.1) is 14.8 Å². The number of rotatable bonds is 3. The van der Waals surface area contributed by atoms with E-state index in [0.717, 1.165) is 0 Å². The number of alkyl halides is 9. The molecule has 0 saturated carbocycles. The molecular formula is C4BrF13S. The molecule has 0 aliphatic carbocycles. The molecule has 0 saturated heterocycles. The Bertz CT molecular complexity index is 371. The zero-order valence-corrected chi connectivity index (χ0v) is 10.1. The van der Waals surface area contributed by atoms with E-state index in [1.54, 1.807) is 0 Å². The normalized spacial score (nSPS) is 19.9. The smallest absolute Gasteiger partial charge is 0.191 e. The summed E-state index contributed by atoms with van der Waals surface area (Å²) in [5.74, 6) is -15.9. The lowest BCUT2D eigenvalue weighted by atomic mass is 10.1. The summed E-state index contributed by atoms with van der Waals surface area (Å²) in [6.45, 7) is 0. The van der Waals surface area contributed by atoms with Gasteiger partial charge in [-0.2, -0.15) is 39.5 Å². The van der Waals surface area contributed by atoms with Crippen LogP contribution in [0.4, 0.5) is 55.1 Å². The van der Waals surface area contributed by atoms with Gasteiger partial charge >= 0.3 is 23.3 Å². The molecule has 0 aromatic carbocycles. The summed E-state index contributed by atoms with van der Waals surface area (Å²) in [4.78, 5) is 0. The number of hydrogen-bond donors (Lipinski definition) is 0. The average Bonchev–Trinajstić information content (AvgIpc) is 1.95. The summed E-state index contributed by atoms with van der Waals surface area (Å²) in [5, 5.41) is -8.29. The third-order valence-corrected chi connectivity index (χ3v) is 4.05. The van der Waals surface area contributed by atoms with E-state index >= 15 is 0 Å². The monoisotopic (exact) mass is 406 g/mol. The minimum atomic E-state index is -11.4. The zero-order chi connectivity index (χ0) is 16.4. The van der Waals surface area contributed by atoms with Crippen LogP contribution in [0.25, 0.3) is 0 Å². The van der Waals surface area contributed by atoms with E-state index in [4.69, 9.17) is 0 Å². The molecular weight excluding hydrogens is 407 g/mol. The van der Waals surface area contributed by atoms with Crippen molar-refractivity contribution in [1.82, 2.24) is 0 Å². The molecule has 15 heteroatoms. The lowest BCUT2D eigenvalue weighted by Gasteiger charge is -2.51. The highest BCUT2D eigenvalue weighted by Crippen LogP contribution is 3.09. The molecule has 0 rings (SSSR count). The molecule has 0 aromatic heterocycles. The number of halogens is 14. The van der Waals surface area contributed by atoms with Gasteiger partial charge in [0, 0.05) is 0 Å². The first-order valence-electron chi connectivity index (χ1n) is 3.43. The maximum Gasteiger partial charge on any atom is 0.460 e. The molecule has 0 aromatic rings. The van der Waals surface area contributed by atoms with Crippen LogP contribution < -0.4 is 0 Å². The summed E-state index contributed by atoms with van der Waals surface area (Å²) in [7, 11) is -11.4. The maximum atomic E-state index is 12.3. The van der Waals surface area contributed by atoms with Gasteiger partial charge in [-0.05, 0) is 0 Å². The minimum Gasteiger partial charge on any atom is -0.191 e. The summed E-state index contributed by atoms with van der Waals surface area (Å²) in [6.07, 6.45) is -7.46. The van der Waals surface area contributed by atoms with Gasteiger partial charge in [0.25, 0.3) is 8.27 Å². The summed E-state index contributed by atoms with van der Waals surface area (Å²) in [6, 6.07) is 0.